The van der Waals surface area contributed by atoms with Crippen LogP contribution in [0.4, 0.5) is 18.9 Å². The molecule has 0 radical (unpaired) electrons. The number of halogens is 3. The van der Waals surface area contributed by atoms with Crippen LogP contribution in [0.3, 0.4) is 0 Å². The molecule has 2 rings (SSSR count). The van der Waals surface area contributed by atoms with Gasteiger partial charge in [0, 0.05) is 13.6 Å². The summed E-state index contributed by atoms with van der Waals surface area (Å²) in [6, 6.07) is 3.43. The average molecular weight is 346 g/mol. The van der Waals surface area contributed by atoms with E-state index in [4.69, 9.17) is 0 Å². The standard InChI is InChI=1S/C13H17F3N6S/c1-21(2)6-7-22(3)20-18-11-10(9-5-4-8-23-9)17-19-12(11)13(14,15)16/h4-5,8H,6-7H2,1-3H3,(H,17,19). The van der Waals surface area contributed by atoms with E-state index in [1.807, 2.05) is 24.1 Å². The summed E-state index contributed by atoms with van der Waals surface area (Å²) < 4.78 is 39.3. The van der Waals surface area contributed by atoms with Gasteiger partial charge in [0.05, 0.1) is 11.4 Å². The number of likely N-dealkylation sites (N-methyl/N-ethyl adjacent to an activating group) is 2. The number of nitrogens with one attached hydrogen (secondary N) is 1. The molecule has 0 aliphatic carbocycles. The Morgan fingerprint density at radius 1 is 1.26 bits per heavy atom. The van der Waals surface area contributed by atoms with Crippen LogP contribution in [-0.4, -0.2) is 54.3 Å². The van der Waals surface area contributed by atoms with E-state index in [1.54, 1.807) is 24.6 Å². The monoisotopic (exact) mass is 346 g/mol. The number of rotatable bonds is 6. The molecule has 0 aromatic carbocycles. The number of hydrogen-bond acceptors (Lipinski definition) is 5. The zero-order valence-corrected chi connectivity index (χ0v) is 13.7. The van der Waals surface area contributed by atoms with Gasteiger partial charge in [-0.25, -0.2) is 0 Å². The molecular formula is C13H17F3N6S. The lowest BCUT2D eigenvalue weighted by molar-refractivity contribution is -0.140. The zero-order valence-electron chi connectivity index (χ0n) is 12.9. The Labute approximate surface area is 135 Å². The minimum absolute atomic E-state index is 0.150. The lowest BCUT2D eigenvalue weighted by Gasteiger charge is -2.15. The van der Waals surface area contributed by atoms with Crippen molar-refractivity contribution in [3.8, 4) is 10.6 Å². The predicted octanol–water partition coefficient (Wildman–Crippen LogP) is 3.65. The molecule has 1 N–H and O–H groups in total. The molecule has 2 aromatic rings. The largest absolute Gasteiger partial charge is 0.435 e. The lowest BCUT2D eigenvalue weighted by Crippen LogP contribution is -2.24. The SMILES string of the molecule is CN(C)CCN(C)N=Nc1c(-c2cccs2)n[nH]c1C(F)(F)F. The summed E-state index contributed by atoms with van der Waals surface area (Å²) in [5.41, 5.74) is -1.14. The van der Waals surface area contributed by atoms with Gasteiger partial charge in [0.15, 0.2) is 5.69 Å². The average Bonchev–Trinajstić information content (AvgIpc) is 3.10. The highest BCUT2D eigenvalue weighted by Crippen LogP contribution is 2.41. The molecule has 6 nitrogen and oxygen atoms in total. The first-order valence-corrected chi connectivity index (χ1v) is 7.64. The van der Waals surface area contributed by atoms with Crippen molar-refractivity contribution in [1.82, 2.24) is 20.1 Å². The summed E-state index contributed by atoms with van der Waals surface area (Å²) >= 11 is 1.29. The second-order valence-corrected chi connectivity index (χ2v) is 6.09. The minimum atomic E-state index is -4.57. The maximum Gasteiger partial charge on any atom is 0.435 e. The van der Waals surface area contributed by atoms with E-state index in [2.05, 4.69) is 15.4 Å². The third-order valence-corrected chi connectivity index (χ3v) is 3.82. The van der Waals surface area contributed by atoms with Crippen molar-refractivity contribution in [3.63, 3.8) is 0 Å². The first-order valence-electron chi connectivity index (χ1n) is 6.76. The van der Waals surface area contributed by atoms with Crippen molar-refractivity contribution in [2.24, 2.45) is 10.3 Å². The molecule has 0 saturated carbocycles. The Balaban J connectivity index is 2.29. The first kappa shape index (κ1) is 17.4. The molecule has 2 heterocycles. The summed E-state index contributed by atoms with van der Waals surface area (Å²) in [6.45, 7) is 1.26. The van der Waals surface area contributed by atoms with Crippen molar-refractivity contribution >= 4 is 17.0 Å². The van der Waals surface area contributed by atoms with Gasteiger partial charge in [0.2, 0.25) is 0 Å². The van der Waals surface area contributed by atoms with Gasteiger partial charge in [-0.1, -0.05) is 11.3 Å². The fourth-order valence-electron chi connectivity index (χ4n) is 1.73. The van der Waals surface area contributed by atoms with Crippen LogP contribution in [0.5, 0.6) is 0 Å². The molecule has 0 aliphatic rings. The smallest absolute Gasteiger partial charge is 0.308 e. The number of alkyl halides is 3. The highest BCUT2D eigenvalue weighted by molar-refractivity contribution is 7.13. The quantitative estimate of drug-likeness (QED) is 0.641. The van der Waals surface area contributed by atoms with Crippen molar-refractivity contribution in [2.45, 2.75) is 6.18 Å². The van der Waals surface area contributed by atoms with Crippen molar-refractivity contribution in [1.29, 1.82) is 0 Å². The van der Waals surface area contributed by atoms with Crippen LogP contribution in [0.25, 0.3) is 10.6 Å². The van der Waals surface area contributed by atoms with Gasteiger partial charge in [-0.05, 0) is 25.5 Å². The maximum absolute atomic E-state index is 13.1. The second kappa shape index (κ2) is 7.09. The Morgan fingerprint density at radius 2 is 2.00 bits per heavy atom. The van der Waals surface area contributed by atoms with E-state index in [9.17, 15) is 13.2 Å². The molecule has 0 saturated heterocycles. The van der Waals surface area contributed by atoms with Gasteiger partial charge in [-0.15, -0.1) is 16.5 Å². The van der Waals surface area contributed by atoms with Crippen molar-refractivity contribution < 1.29 is 13.2 Å². The second-order valence-electron chi connectivity index (χ2n) is 5.14. The van der Waals surface area contributed by atoms with Crippen LogP contribution >= 0.6 is 11.3 Å². The molecule has 0 amide bonds. The zero-order chi connectivity index (χ0) is 17.0. The van der Waals surface area contributed by atoms with E-state index in [-0.39, 0.29) is 11.4 Å². The van der Waals surface area contributed by atoms with Crippen LogP contribution in [-0.2, 0) is 6.18 Å². The molecule has 126 valence electrons. The fourth-order valence-corrected chi connectivity index (χ4v) is 2.44. The summed E-state index contributed by atoms with van der Waals surface area (Å²) in [6.07, 6.45) is -4.57. The number of thiophene rings is 1. The van der Waals surface area contributed by atoms with Gasteiger partial charge < -0.3 is 4.90 Å². The topological polar surface area (TPSA) is 59.9 Å². The van der Waals surface area contributed by atoms with Crippen LogP contribution in [0.1, 0.15) is 5.69 Å². The molecule has 2 aromatic heterocycles. The Morgan fingerprint density at radius 3 is 2.57 bits per heavy atom. The van der Waals surface area contributed by atoms with Crippen molar-refractivity contribution in [3.05, 3.63) is 23.2 Å². The maximum atomic E-state index is 13.1. The van der Waals surface area contributed by atoms with E-state index in [0.29, 0.717) is 18.0 Å². The third-order valence-electron chi connectivity index (χ3n) is 2.95. The number of aromatic nitrogens is 2. The normalized spacial score (nSPS) is 12.5. The molecule has 0 atom stereocenters. The molecule has 0 bridgehead atoms. The van der Waals surface area contributed by atoms with Crippen LogP contribution in [0, 0.1) is 0 Å². The van der Waals surface area contributed by atoms with E-state index in [0.717, 1.165) is 0 Å². The minimum Gasteiger partial charge on any atom is -0.308 e. The number of H-pyrrole nitrogens is 1. The molecule has 0 aliphatic heterocycles. The van der Waals surface area contributed by atoms with Gasteiger partial charge in [-0.3, -0.25) is 10.1 Å². The molecule has 0 unspecified atom stereocenters. The molecular weight excluding hydrogens is 329 g/mol. The third kappa shape index (κ3) is 4.52. The van der Waals surface area contributed by atoms with Crippen LogP contribution < -0.4 is 0 Å². The van der Waals surface area contributed by atoms with E-state index < -0.39 is 11.9 Å². The van der Waals surface area contributed by atoms with Crippen LogP contribution in [0.15, 0.2) is 27.9 Å². The summed E-state index contributed by atoms with van der Waals surface area (Å²) in [7, 11) is 5.46. The number of hydrogen-bond donors (Lipinski definition) is 1. The Kier molecular flexibility index (Phi) is 5.37. The van der Waals surface area contributed by atoms with Gasteiger partial charge in [-0.2, -0.15) is 18.3 Å². The van der Waals surface area contributed by atoms with Gasteiger partial charge >= 0.3 is 6.18 Å². The molecule has 0 fully saturated rings. The van der Waals surface area contributed by atoms with Crippen molar-refractivity contribution in [2.75, 3.05) is 34.2 Å². The van der Waals surface area contributed by atoms with E-state index in [1.165, 1.54) is 16.3 Å². The fraction of sp³-hybridized carbons (Fsp3) is 0.462. The van der Waals surface area contributed by atoms with E-state index >= 15 is 0 Å². The van der Waals surface area contributed by atoms with Gasteiger partial charge in [0.25, 0.3) is 0 Å². The number of nitrogens with zero attached hydrogens (tertiary/aromatic N) is 5. The Hall–Kier alpha value is -1.94. The highest BCUT2D eigenvalue weighted by Gasteiger charge is 2.38. The number of aromatic amines is 1. The summed E-state index contributed by atoms with van der Waals surface area (Å²) in [5, 5.41) is 16.7. The molecule has 0 spiro atoms. The highest BCUT2D eigenvalue weighted by atomic mass is 32.1. The van der Waals surface area contributed by atoms with Gasteiger partial charge in [0.1, 0.15) is 11.4 Å². The molecule has 10 heteroatoms. The predicted molar refractivity (Wildman–Crippen MR) is 82.6 cm³/mol. The summed E-state index contributed by atoms with van der Waals surface area (Å²) in [5.74, 6) is 0. The Bertz CT molecular complexity index is 647. The van der Waals surface area contributed by atoms with Crippen LogP contribution in [0.2, 0.25) is 0 Å². The first-order chi connectivity index (χ1) is 10.8. The summed E-state index contributed by atoms with van der Waals surface area (Å²) in [4.78, 5) is 2.55. The lowest BCUT2D eigenvalue weighted by atomic mass is 10.2. The molecule has 23 heavy (non-hydrogen) atoms.